The van der Waals surface area contributed by atoms with Crippen LogP contribution in [0.4, 0.5) is 0 Å². The Hall–Kier alpha value is -2.37. The third-order valence-electron chi connectivity index (χ3n) is 2.37. The second-order valence-corrected chi connectivity index (χ2v) is 3.72. The van der Waals surface area contributed by atoms with E-state index in [1.807, 2.05) is 26.0 Å². The first-order valence-electron chi connectivity index (χ1n) is 5.09. The topological polar surface area (TPSA) is 89.3 Å². The maximum atomic E-state index is 8.61. The van der Waals surface area contributed by atoms with Crippen molar-refractivity contribution in [2.45, 2.75) is 13.8 Å². The fourth-order valence-electron chi connectivity index (χ4n) is 1.63. The van der Waals surface area contributed by atoms with Crippen molar-refractivity contribution in [3.8, 4) is 5.69 Å². The van der Waals surface area contributed by atoms with E-state index >= 15 is 0 Å². The number of aryl methyl sites for hydroxylation is 2. The minimum atomic E-state index is -0.0200. The number of nitrogens with two attached hydrogens (primary N) is 1. The van der Waals surface area contributed by atoms with E-state index < -0.39 is 0 Å². The zero-order valence-corrected chi connectivity index (χ0v) is 9.62. The van der Waals surface area contributed by atoms with Gasteiger partial charge in [-0.2, -0.15) is 5.10 Å². The Morgan fingerprint density at radius 3 is 2.76 bits per heavy atom. The molecule has 2 aromatic heterocycles. The van der Waals surface area contributed by atoms with Crippen LogP contribution >= 0.6 is 0 Å². The van der Waals surface area contributed by atoms with Crippen LogP contribution in [-0.2, 0) is 0 Å². The second kappa shape index (κ2) is 4.25. The Morgan fingerprint density at radius 2 is 2.18 bits per heavy atom. The lowest BCUT2D eigenvalue weighted by Crippen LogP contribution is -2.15. The first-order valence-corrected chi connectivity index (χ1v) is 5.09. The molecular weight excluding hydrogens is 218 g/mol. The largest absolute Gasteiger partial charge is 0.409 e. The predicted molar refractivity (Wildman–Crippen MR) is 63.3 cm³/mol. The molecule has 0 aromatic carbocycles. The molecule has 2 aromatic rings. The van der Waals surface area contributed by atoms with E-state index in [0.717, 1.165) is 17.1 Å². The zero-order chi connectivity index (χ0) is 12.4. The van der Waals surface area contributed by atoms with Crippen LogP contribution < -0.4 is 5.73 Å². The molecule has 0 radical (unpaired) electrons. The lowest BCUT2D eigenvalue weighted by Gasteiger charge is -2.05. The number of pyridine rings is 1. The van der Waals surface area contributed by atoms with Crippen molar-refractivity contribution in [1.82, 2.24) is 14.8 Å². The highest BCUT2D eigenvalue weighted by Crippen LogP contribution is 2.12. The van der Waals surface area contributed by atoms with E-state index in [1.165, 1.54) is 0 Å². The molecule has 0 bridgehead atoms. The van der Waals surface area contributed by atoms with E-state index in [4.69, 9.17) is 10.9 Å². The number of nitrogens with zero attached hydrogens (tertiary/aromatic N) is 4. The summed E-state index contributed by atoms with van der Waals surface area (Å²) in [5.74, 6) is -0.0200. The molecule has 0 atom stereocenters. The Labute approximate surface area is 98.4 Å². The Kier molecular flexibility index (Phi) is 2.78. The van der Waals surface area contributed by atoms with Crippen LogP contribution in [0.5, 0.6) is 0 Å². The van der Waals surface area contributed by atoms with E-state index in [2.05, 4.69) is 15.2 Å². The molecule has 0 spiro atoms. The first-order chi connectivity index (χ1) is 8.11. The molecule has 2 rings (SSSR count). The Bertz CT molecular complexity index is 573. The van der Waals surface area contributed by atoms with Crippen molar-refractivity contribution < 1.29 is 5.21 Å². The van der Waals surface area contributed by atoms with Crippen LogP contribution in [-0.4, -0.2) is 25.8 Å². The fourth-order valence-corrected chi connectivity index (χ4v) is 1.63. The minimum absolute atomic E-state index is 0.0200. The van der Waals surface area contributed by atoms with Crippen LogP contribution in [0.25, 0.3) is 5.69 Å². The average molecular weight is 231 g/mol. The SMILES string of the molecule is Cc1cc(C)n(-c2ccnc(C(N)=NO)c2)n1. The molecule has 2 heterocycles. The van der Waals surface area contributed by atoms with E-state index in [1.54, 1.807) is 16.9 Å². The number of hydrogen-bond donors (Lipinski definition) is 2. The predicted octanol–water partition coefficient (Wildman–Crippen LogP) is 0.979. The maximum absolute atomic E-state index is 8.61. The van der Waals surface area contributed by atoms with Gasteiger partial charge in [-0.3, -0.25) is 4.98 Å². The third kappa shape index (κ3) is 2.10. The van der Waals surface area contributed by atoms with Crippen molar-refractivity contribution in [2.75, 3.05) is 0 Å². The monoisotopic (exact) mass is 231 g/mol. The summed E-state index contributed by atoms with van der Waals surface area (Å²) in [6.45, 7) is 3.89. The summed E-state index contributed by atoms with van der Waals surface area (Å²) in [6, 6.07) is 5.51. The van der Waals surface area contributed by atoms with Gasteiger partial charge in [0.05, 0.1) is 11.4 Å². The third-order valence-corrected chi connectivity index (χ3v) is 2.37. The van der Waals surface area contributed by atoms with Gasteiger partial charge in [-0.05, 0) is 32.0 Å². The molecule has 0 saturated heterocycles. The zero-order valence-electron chi connectivity index (χ0n) is 9.62. The summed E-state index contributed by atoms with van der Waals surface area (Å²) in [4.78, 5) is 4.02. The van der Waals surface area contributed by atoms with Crippen LogP contribution in [0.2, 0.25) is 0 Å². The molecule has 0 aliphatic heterocycles. The smallest absolute Gasteiger partial charge is 0.188 e. The first kappa shape index (κ1) is 11.1. The summed E-state index contributed by atoms with van der Waals surface area (Å²) in [5, 5.41) is 15.9. The molecule has 0 fully saturated rings. The number of aromatic nitrogens is 3. The van der Waals surface area contributed by atoms with Crippen molar-refractivity contribution in [2.24, 2.45) is 10.9 Å². The van der Waals surface area contributed by atoms with Crippen LogP contribution in [0.15, 0.2) is 29.6 Å². The van der Waals surface area contributed by atoms with Crippen LogP contribution in [0.3, 0.4) is 0 Å². The standard InChI is InChI=1S/C11H13N5O/c1-7-5-8(2)16(14-7)9-3-4-13-10(6-9)11(12)15-17/h3-6,17H,1-2H3,(H2,12,15). The molecule has 0 saturated carbocycles. The lowest BCUT2D eigenvalue weighted by molar-refractivity contribution is 0.318. The summed E-state index contributed by atoms with van der Waals surface area (Å²) >= 11 is 0. The van der Waals surface area contributed by atoms with Gasteiger partial charge >= 0.3 is 0 Å². The number of rotatable bonds is 2. The molecule has 0 aliphatic rings. The van der Waals surface area contributed by atoms with Gasteiger partial charge in [0.15, 0.2) is 5.84 Å². The molecule has 6 heteroatoms. The highest BCUT2D eigenvalue weighted by molar-refractivity contribution is 5.95. The summed E-state index contributed by atoms with van der Waals surface area (Å²) in [5.41, 5.74) is 8.68. The Morgan fingerprint density at radius 1 is 1.41 bits per heavy atom. The number of hydrogen-bond acceptors (Lipinski definition) is 4. The Balaban J connectivity index is 2.50. The lowest BCUT2D eigenvalue weighted by atomic mass is 10.3. The van der Waals surface area contributed by atoms with Crippen molar-refractivity contribution in [3.63, 3.8) is 0 Å². The second-order valence-electron chi connectivity index (χ2n) is 3.72. The van der Waals surface area contributed by atoms with Crippen molar-refractivity contribution in [3.05, 3.63) is 41.5 Å². The van der Waals surface area contributed by atoms with Gasteiger partial charge in [0.25, 0.3) is 0 Å². The van der Waals surface area contributed by atoms with Gasteiger partial charge in [0.2, 0.25) is 0 Å². The van der Waals surface area contributed by atoms with E-state index in [9.17, 15) is 0 Å². The molecule has 3 N–H and O–H groups in total. The van der Waals surface area contributed by atoms with Crippen molar-refractivity contribution >= 4 is 5.84 Å². The number of oxime groups is 1. The molecule has 88 valence electrons. The van der Waals surface area contributed by atoms with Gasteiger partial charge in [0, 0.05) is 11.9 Å². The average Bonchev–Trinajstić information content (AvgIpc) is 2.67. The minimum Gasteiger partial charge on any atom is -0.409 e. The highest BCUT2D eigenvalue weighted by atomic mass is 16.4. The summed E-state index contributed by atoms with van der Waals surface area (Å²) in [6.07, 6.45) is 1.60. The van der Waals surface area contributed by atoms with Gasteiger partial charge in [-0.1, -0.05) is 5.16 Å². The van der Waals surface area contributed by atoms with Crippen LogP contribution in [0.1, 0.15) is 17.1 Å². The van der Waals surface area contributed by atoms with Gasteiger partial charge in [-0.15, -0.1) is 0 Å². The molecule has 0 aliphatic carbocycles. The summed E-state index contributed by atoms with van der Waals surface area (Å²) in [7, 11) is 0. The summed E-state index contributed by atoms with van der Waals surface area (Å²) < 4.78 is 1.78. The molecule has 0 unspecified atom stereocenters. The fraction of sp³-hybridized carbons (Fsp3) is 0.182. The van der Waals surface area contributed by atoms with Gasteiger partial charge in [-0.25, -0.2) is 4.68 Å². The van der Waals surface area contributed by atoms with Gasteiger partial charge < -0.3 is 10.9 Å². The van der Waals surface area contributed by atoms with Gasteiger partial charge in [0.1, 0.15) is 5.69 Å². The quantitative estimate of drug-likeness (QED) is 0.349. The maximum Gasteiger partial charge on any atom is 0.188 e. The van der Waals surface area contributed by atoms with E-state index in [0.29, 0.717) is 5.69 Å². The number of amidine groups is 1. The normalized spacial score (nSPS) is 11.8. The van der Waals surface area contributed by atoms with Crippen molar-refractivity contribution in [1.29, 1.82) is 0 Å². The molecular formula is C11H13N5O. The molecule has 0 amide bonds. The highest BCUT2D eigenvalue weighted by Gasteiger charge is 2.07. The van der Waals surface area contributed by atoms with Crippen LogP contribution in [0, 0.1) is 13.8 Å². The van der Waals surface area contributed by atoms with E-state index in [-0.39, 0.29) is 5.84 Å². The molecule has 17 heavy (non-hydrogen) atoms. The molecule has 6 nitrogen and oxygen atoms in total.